The van der Waals surface area contributed by atoms with Gasteiger partial charge in [0.25, 0.3) is 0 Å². The molecule has 2 aromatic rings. The van der Waals surface area contributed by atoms with Crippen molar-refractivity contribution in [2.24, 2.45) is 7.05 Å². The van der Waals surface area contributed by atoms with Crippen LogP contribution in [0.3, 0.4) is 0 Å². The van der Waals surface area contributed by atoms with Crippen LogP contribution in [0.2, 0.25) is 0 Å². The van der Waals surface area contributed by atoms with E-state index in [1.165, 1.54) is 16.9 Å². The van der Waals surface area contributed by atoms with E-state index in [1.807, 2.05) is 48.0 Å². The summed E-state index contributed by atoms with van der Waals surface area (Å²) in [4.78, 5) is 1.24. The van der Waals surface area contributed by atoms with Crippen molar-refractivity contribution in [1.82, 2.24) is 9.78 Å². The van der Waals surface area contributed by atoms with E-state index in [0.717, 1.165) is 17.9 Å². The third-order valence-corrected chi connectivity index (χ3v) is 3.58. The Hall–Kier alpha value is -1.42. The van der Waals surface area contributed by atoms with Gasteiger partial charge in [0.05, 0.1) is 6.20 Å². The summed E-state index contributed by atoms with van der Waals surface area (Å²) in [5, 5.41) is 4.15. The lowest BCUT2D eigenvalue weighted by atomic mass is 10.1. The van der Waals surface area contributed by atoms with Gasteiger partial charge in [0.1, 0.15) is 0 Å². The standard InChI is InChI=1S/C13H17N3S/c1-16-10-13(9-15-16)17-8-2-3-11-4-6-12(14)7-5-11/h4-7,9-10H,2-3,8,14H2,1H3. The average Bonchev–Trinajstić information content (AvgIpc) is 2.73. The van der Waals surface area contributed by atoms with Crippen LogP contribution in [0.1, 0.15) is 12.0 Å². The van der Waals surface area contributed by atoms with Gasteiger partial charge in [-0.05, 0) is 36.3 Å². The third-order valence-electron chi connectivity index (χ3n) is 2.54. The van der Waals surface area contributed by atoms with Gasteiger partial charge in [0.15, 0.2) is 0 Å². The average molecular weight is 247 g/mol. The van der Waals surface area contributed by atoms with Crippen LogP contribution in [0.15, 0.2) is 41.6 Å². The first-order valence-corrected chi connectivity index (χ1v) is 6.68. The number of anilines is 1. The van der Waals surface area contributed by atoms with Crippen molar-refractivity contribution in [2.75, 3.05) is 11.5 Å². The number of benzene rings is 1. The maximum absolute atomic E-state index is 5.65. The van der Waals surface area contributed by atoms with Gasteiger partial charge in [-0.25, -0.2) is 0 Å². The zero-order valence-corrected chi connectivity index (χ0v) is 10.8. The molecule has 1 aromatic heterocycles. The lowest BCUT2D eigenvalue weighted by molar-refractivity contribution is 0.766. The molecule has 0 unspecified atom stereocenters. The van der Waals surface area contributed by atoms with Crippen LogP contribution in [-0.4, -0.2) is 15.5 Å². The summed E-state index contributed by atoms with van der Waals surface area (Å²) in [5.41, 5.74) is 7.83. The normalized spacial score (nSPS) is 10.6. The number of hydrogen-bond donors (Lipinski definition) is 1. The molecule has 0 atom stereocenters. The molecular formula is C13H17N3S. The van der Waals surface area contributed by atoms with Crippen molar-refractivity contribution in [2.45, 2.75) is 17.7 Å². The lowest BCUT2D eigenvalue weighted by Gasteiger charge is -2.01. The number of nitrogens with two attached hydrogens (primary N) is 1. The second-order valence-electron chi connectivity index (χ2n) is 4.04. The lowest BCUT2D eigenvalue weighted by Crippen LogP contribution is -1.89. The molecule has 3 nitrogen and oxygen atoms in total. The smallest absolute Gasteiger partial charge is 0.0625 e. The highest BCUT2D eigenvalue weighted by atomic mass is 32.2. The van der Waals surface area contributed by atoms with Gasteiger partial charge in [-0.1, -0.05) is 12.1 Å². The van der Waals surface area contributed by atoms with Crippen molar-refractivity contribution < 1.29 is 0 Å². The molecular weight excluding hydrogens is 230 g/mol. The Morgan fingerprint density at radius 1 is 1.29 bits per heavy atom. The number of nitrogens with zero attached hydrogens (tertiary/aromatic N) is 2. The first-order chi connectivity index (χ1) is 8.24. The fraction of sp³-hybridized carbons (Fsp3) is 0.308. The molecule has 1 aromatic carbocycles. The number of aromatic nitrogens is 2. The fourth-order valence-electron chi connectivity index (χ4n) is 1.62. The van der Waals surface area contributed by atoms with E-state index in [-0.39, 0.29) is 0 Å². The van der Waals surface area contributed by atoms with E-state index in [4.69, 9.17) is 5.73 Å². The summed E-state index contributed by atoms with van der Waals surface area (Å²) >= 11 is 1.86. The van der Waals surface area contributed by atoms with E-state index in [2.05, 4.69) is 17.2 Å². The predicted molar refractivity (Wildman–Crippen MR) is 73.1 cm³/mol. The summed E-state index contributed by atoms with van der Waals surface area (Å²) in [5.74, 6) is 1.12. The van der Waals surface area contributed by atoms with E-state index in [0.29, 0.717) is 0 Å². The molecule has 2 rings (SSSR count). The highest BCUT2D eigenvalue weighted by molar-refractivity contribution is 7.99. The van der Waals surface area contributed by atoms with Crippen molar-refractivity contribution >= 4 is 17.4 Å². The molecule has 0 amide bonds. The van der Waals surface area contributed by atoms with Crippen molar-refractivity contribution in [3.8, 4) is 0 Å². The zero-order chi connectivity index (χ0) is 12.1. The topological polar surface area (TPSA) is 43.8 Å². The molecule has 0 aliphatic heterocycles. The van der Waals surface area contributed by atoms with Gasteiger partial charge in [-0.15, -0.1) is 11.8 Å². The molecule has 0 bridgehead atoms. The quantitative estimate of drug-likeness (QED) is 0.502. The van der Waals surface area contributed by atoms with Gasteiger partial charge >= 0.3 is 0 Å². The molecule has 0 saturated carbocycles. The summed E-state index contributed by atoms with van der Waals surface area (Å²) in [7, 11) is 1.94. The minimum Gasteiger partial charge on any atom is -0.399 e. The summed E-state index contributed by atoms with van der Waals surface area (Å²) < 4.78 is 1.84. The van der Waals surface area contributed by atoms with Gasteiger partial charge in [-0.2, -0.15) is 5.10 Å². The molecule has 0 saturated heterocycles. The second kappa shape index (κ2) is 5.77. The highest BCUT2D eigenvalue weighted by Crippen LogP contribution is 2.18. The molecule has 0 aliphatic rings. The molecule has 17 heavy (non-hydrogen) atoms. The van der Waals surface area contributed by atoms with Crippen LogP contribution in [0.5, 0.6) is 0 Å². The van der Waals surface area contributed by atoms with Gasteiger partial charge < -0.3 is 5.73 Å². The van der Waals surface area contributed by atoms with Gasteiger partial charge in [-0.3, -0.25) is 4.68 Å². The van der Waals surface area contributed by atoms with Crippen LogP contribution in [-0.2, 0) is 13.5 Å². The Morgan fingerprint density at radius 2 is 2.06 bits per heavy atom. The van der Waals surface area contributed by atoms with Crippen LogP contribution < -0.4 is 5.73 Å². The Labute approximate surface area is 106 Å². The molecule has 90 valence electrons. The maximum Gasteiger partial charge on any atom is 0.0625 e. The number of hydrogen-bond acceptors (Lipinski definition) is 3. The minimum absolute atomic E-state index is 0.832. The van der Waals surface area contributed by atoms with Gasteiger partial charge in [0.2, 0.25) is 0 Å². The van der Waals surface area contributed by atoms with E-state index in [9.17, 15) is 0 Å². The van der Waals surface area contributed by atoms with Crippen molar-refractivity contribution in [3.05, 3.63) is 42.2 Å². The number of rotatable bonds is 5. The molecule has 2 N–H and O–H groups in total. The number of thioether (sulfide) groups is 1. The summed E-state index contributed by atoms with van der Waals surface area (Å²) in [6.07, 6.45) is 6.23. The zero-order valence-electron chi connectivity index (χ0n) is 9.97. The number of aryl methyl sites for hydroxylation is 2. The molecule has 0 spiro atoms. The Balaban J connectivity index is 1.71. The molecule has 0 fully saturated rings. The molecule has 0 radical (unpaired) electrons. The van der Waals surface area contributed by atoms with Crippen LogP contribution >= 0.6 is 11.8 Å². The monoisotopic (exact) mass is 247 g/mol. The SMILES string of the molecule is Cn1cc(SCCCc2ccc(N)cc2)cn1. The van der Waals surface area contributed by atoms with E-state index in [1.54, 1.807) is 0 Å². The predicted octanol–water partition coefficient (Wildman–Crippen LogP) is 2.73. The molecule has 1 heterocycles. The largest absolute Gasteiger partial charge is 0.399 e. The number of nitrogen functional groups attached to an aromatic ring is 1. The summed E-state index contributed by atoms with van der Waals surface area (Å²) in [6.45, 7) is 0. The Bertz CT molecular complexity index is 462. The van der Waals surface area contributed by atoms with Gasteiger partial charge in [0, 0.05) is 23.8 Å². The van der Waals surface area contributed by atoms with Crippen LogP contribution in [0.4, 0.5) is 5.69 Å². The third kappa shape index (κ3) is 3.82. The van der Waals surface area contributed by atoms with Crippen LogP contribution in [0.25, 0.3) is 0 Å². The first kappa shape index (κ1) is 12.0. The van der Waals surface area contributed by atoms with Crippen LogP contribution in [0, 0.1) is 0 Å². The first-order valence-electron chi connectivity index (χ1n) is 5.70. The van der Waals surface area contributed by atoms with E-state index >= 15 is 0 Å². The Morgan fingerprint density at radius 3 is 2.71 bits per heavy atom. The summed E-state index contributed by atoms with van der Waals surface area (Å²) in [6, 6.07) is 8.13. The molecule has 0 aliphatic carbocycles. The molecule has 4 heteroatoms. The second-order valence-corrected chi connectivity index (χ2v) is 5.21. The minimum atomic E-state index is 0.832. The highest BCUT2D eigenvalue weighted by Gasteiger charge is 1.98. The maximum atomic E-state index is 5.65. The van der Waals surface area contributed by atoms with Crippen molar-refractivity contribution in [3.63, 3.8) is 0 Å². The Kier molecular flexibility index (Phi) is 4.09. The fourth-order valence-corrected chi connectivity index (χ4v) is 2.50. The van der Waals surface area contributed by atoms with Crippen molar-refractivity contribution in [1.29, 1.82) is 0 Å². The van der Waals surface area contributed by atoms with E-state index < -0.39 is 0 Å².